The second-order valence-electron chi connectivity index (χ2n) is 6.75. The van der Waals surface area contributed by atoms with Crippen LogP contribution in [0.5, 0.6) is 0 Å². The molecule has 0 aliphatic carbocycles. The molecule has 0 unspecified atom stereocenters. The van der Waals surface area contributed by atoms with Crippen molar-refractivity contribution in [2.45, 2.75) is 43.4 Å². The van der Waals surface area contributed by atoms with E-state index in [1.165, 1.54) is 4.24 Å². The Labute approximate surface area is 156 Å². The summed E-state index contributed by atoms with van der Waals surface area (Å²) >= 11 is 3.65. The Hall–Kier alpha value is -1.18. The maximum Gasteiger partial charge on any atom is 0.236 e. The standard InChI is InChI=1S/C18H23N3O2S2/c1-3-13(22)15-16(23)21-11(2)18(25-17(15)21)24-12-7-9-20(10-12)14-6-4-5-8-19-14/h4-6,8,12-13,15,17,22H,3,7,9-10H2,1-2H3/t12-,13-,15+,17+/m0/s1. The topological polar surface area (TPSA) is 56.7 Å². The minimum absolute atomic E-state index is 0.0847. The summed E-state index contributed by atoms with van der Waals surface area (Å²) in [4.78, 5) is 21.0. The lowest BCUT2D eigenvalue weighted by Crippen LogP contribution is -2.60. The third-order valence-electron chi connectivity index (χ3n) is 5.19. The minimum Gasteiger partial charge on any atom is -0.392 e. The Kier molecular flexibility index (Phi) is 4.73. The summed E-state index contributed by atoms with van der Waals surface area (Å²) in [6.07, 6.45) is 3.07. The van der Waals surface area contributed by atoms with Crippen LogP contribution in [0.4, 0.5) is 5.82 Å². The zero-order valence-corrected chi connectivity index (χ0v) is 16.1. The predicted molar refractivity (Wildman–Crippen MR) is 103 cm³/mol. The molecule has 3 aliphatic rings. The SMILES string of the molecule is CC[C@H](O)[C@@H]1C(=O)N2C(C)=C(S[C@H]3CCN(c4ccccn4)C3)S[C@H]12. The molecular formula is C18H23N3O2S2. The van der Waals surface area contributed by atoms with Gasteiger partial charge in [-0.15, -0.1) is 11.8 Å². The van der Waals surface area contributed by atoms with Gasteiger partial charge in [-0.3, -0.25) is 4.79 Å². The molecule has 5 nitrogen and oxygen atoms in total. The summed E-state index contributed by atoms with van der Waals surface area (Å²) in [7, 11) is 0. The van der Waals surface area contributed by atoms with Gasteiger partial charge in [-0.05, 0) is 31.9 Å². The molecule has 1 N–H and O–H groups in total. The number of aromatic nitrogens is 1. The number of hydrogen-bond acceptors (Lipinski definition) is 6. The molecule has 7 heteroatoms. The summed E-state index contributed by atoms with van der Waals surface area (Å²) in [5.41, 5.74) is 1.07. The zero-order chi connectivity index (χ0) is 17.6. The summed E-state index contributed by atoms with van der Waals surface area (Å²) in [6, 6.07) is 6.03. The van der Waals surface area contributed by atoms with Gasteiger partial charge in [-0.25, -0.2) is 4.98 Å². The Morgan fingerprint density at radius 3 is 3.04 bits per heavy atom. The minimum atomic E-state index is -0.524. The highest BCUT2D eigenvalue weighted by Crippen LogP contribution is 2.55. The number of pyridine rings is 1. The average molecular weight is 378 g/mol. The third kappa shape index (κ3) is 2.96. The average Bonchev–Trinajstić information content (AvgIpc) is 3.19. The quantitative estimate of drug-likeness (QED) is 0.797. The van der Waals surface area contributed by atoms with Crippen molar-refractivity contribution in [3.8, 4) is 0 Å². The molecule has 1 aromatic rings. The molecule has 0 aromatic carbocycles. The van der Waals surface area contributed by atoms with Crippen LogP contribution >= 0.6 is 23.5 Å². The van der Waals surface area contributed by atoms with E-state index < -0.39 is 6.10 Å². The van der Waals surface area contributed by atoms with Gasteiger partial charge in [0.2, 0.25) is 5.91 Å². The summed E-state index contributed by atoms with van der Waals surface area (Å²) < 4.78 is 1.25. The molecular weight excluding hydrogens is 354 g/mol. The number of aliphatic hydroxyl groups is 1. The van der Waals surface area contributed by atoms with E-state index in [2.05, 4.69) is 16.0 Å². The first-order valence-corrected chi connectivity index (χ1v) is 10.6. The number of rotatable bonds is 5. The maximum absolute atomic E-state index is 12.4. The molecule has 1 amide bonds. The van der Waals surface area contributed by atoms with E-state index >= 15 is 0 Å². The van der Waals surface area contributed by atoms with Crippen molar-refractivity contribution >= 4 is 35.2 Å². The lowest BCUT2D eigenvalue weighted by Gasteiger charge is -2.44. The van der Waals surface area contributed by atoms with Crippen molar-refractivity contribution in [2.24, 2.45) is 5.92 Å². The summed E-state index contributed by atoms with van der Waals surface area (Å²) in [6.45, 7) is 5.97. The molecule has 0 saturated carbocycles. The first-order chi connectivity index (χ1) is 12.1. The van der Waals surface area contributed by atoms with Crippen LogP contribution in [-0.2, 0) is 4.79 Å². The van der Waals surface area contributed by atoms with Crippen molar-refractivity contribution in [2.75, 3.05) is 18.0 Å². The fraction of sp³-hybridized carbons (Fsp3) is 0.556. The number of carbonyl (C=O) groups is 1. The van der Waals surface area contributed by atoms with Crippen LogP contribution in [-0.4, -0.2) is 50.7 Å². The van der Waals surface area contributed by atoms with E-state index in [0.29, 0.717) is 11.7 Å². The molecule has 4 atom stereocenters. The van der Waals surface area contributed by atoms with Gasteiger partial charge in [0.15, 0.2) is 0 Å². The molecule has 0 radical (unpaired) electrons. The van der Waals surface area contributed by atoms with E-state index in [9.17, 15) is 9.90 Å². The number of amides is 1. The monoisotopic (exact) mass is 377 g/mol. The van der Waals surface area contributed by atoms with E-state index in [-0.39, 0.29) is 17.2 Å². The van der Waals surface area contributed by atoms with Crippen molar-refractivity contribution in [1.82, 2.24) is 9.88 Å². The Morgan fingerprint density at radius 2 is 2.32 bits per heavy atom. The third-order valence-corrected chi connectivity index (χ3v) is 8.25. The Bertz CT molecular complexity index is 697. The number of fused-ring (bicyclic) bond motifs is 1. The smallest absolute Gasteiger partial charge is 0.236 e. The van der Waals surface area contributed by atoms with Gasteiger partial charge < -0.3 is 14.9 Å². The number of anilines is 1. The second-order valence-corrected chi connectivity index (χ2v) is 9.45. The molecule has 2 saturated heterocycles. The van der Waals surface area contributed by atoms with Crippen LogP contribution in [0.2, 0.25) is 0 Å². The van der Waals surface area contributed by atoms with E-state index in [0.717, 1.165) is 31.0 Å². The summed E-state index contributed by atoms with van der Waals surface area (Å²) in [5, 5.41) is 10.7. The van der Waals surface area contributed by atoms with E-state index in [4.69, 9.17) is 0 Å². The molecule has 1 aromatic heterocycles. The van der Waals surface area contributed by atoms with Gasteiger partial charge in [0.05, 0.1) is 16.3 Å². The highest BCUT2D eigenvalue weighted by Gasteiger charge is 2.55. The number of hydrogen-bond donors (Lipinski definition) is 1. The van der Waals surface area contributed by atoms with Gasteiger partial charge in [-0.2, -0.15) is 0 Å². The lowest BCUT2D eigenvalue weighted by molar-refractivity contribution is -0.153. The number of thioether (sulfide) groups is 2. The zero-order valence-electron chi connectivity index (χ0n) is 14.5. The first-order valence-electron chi connectivity index (χ1n) is 8.81. The molecule has 134 valence electrons. The van der Waals surface area contributed by atoms with Gasteiger partial charge in [0.25, 0.3) is 0 Å². The molecule has 2 fully saturated rings. The maximum atomic E-state index is 12.4. The number of allylic oxidation sites excluding steroid dienone is 1. The van der Waals surface area contributed by atoms with Crippen LogP contribution < -0.4 is 4.90 Å². The molecule has 0 bridgehead atoms. The van der Waals surface area contributed by atoms with Crippen LogP contribution in [0.15, 0.2) is 34.3 Å². The van der Waals surface area contributed by atoms with E-state index in [1.54, 1.807) is 11.8 Å². The molecule has 3 aliphatic heterocycles. The highest BCUT2D eigenvalue weighted by atomic mass is 32.2. The molecule has 0 spiro atoms. The largest absolute Gasteiger partial charge is 0.392 e. The number of nitrogens with zero attached hydrogens (tertiary/aromatic N) is 3. The van der Waals surface area contributed by atoms with Gasteiger partial charge in [-0.1, -0.05) is 24.8 Å². The van der Waals surface area contributed by atoms with Crippen LogP contribution in [0.25, 0.3) is 0 Å². The Morgan fingerprint density at radius 1 is 1.48 bits per heavy atom. The van der Waals surface area contributed by atoms with Gasteiger partial charge >= 0.3 is 0 Å². The van der Waals surface area contributed by atoms with Gasteiger partial charge in [0, 0.05) is 30.2 Å². The van der Waals surface area contributed by atoms with Crippen molar-refractivity contribution in [1.29, 1.82) is 0 Å². The Balaban J connectivity index is 1.39. The second kappa shape index (κ2) is 6.85. The van der Waals surface area contributed by atoms with Crippen molar-refractivity contribution < 1.29 is 9.90 Å². The molecule has 4 rings (SSSR count). The van der Waals surface area contributed by atoms with Crippen LogP contribution in [0, 0.1) is 5.92 Å². The fourth-order valence-electron chi connectivity index (χ4n) is 3.71. The predicted octanol–water partition coefficient (Wildman–Crippen LogP) is 2.88. The lowest BCUT2D eigenvalue weighted by atomic mass is 9.90. The van der Waals surface area contributed by atoms with E-state index in [1.807, 2.05) is 48.8 Å². The number of aliphatic hydroxyl groups excluding tert-OH is 1. The van der Waals surface area contributed by atoms with Gasteiger partial charge in [0.1, 0.15) is 11.2 Å². The molecule has 4 heterocycles. The fourth-order valence-corrected chi connectivity index (χ4v) is 6.98. The number of carbonyl (C=O) groups excluding carboxylic acids is 1. The van der Waals surface area contributed by atoms with Crippen molar-refractivity contribution in [3.05, 3.63) is 34.3 Å². The van der Waals surface area contributed by atoms with Crippen molar-refractivity contribution in [3.63, 3.8) is 0 Å². The van der Waals surface area contributed by atoms with Crippen LogP contribution in [0.1, 0.15) is 26.7 Å². The number of β-lactam (4-membered cyclic amide) rings is 1. The summed E-state index contributed by atoms with van der Waals surface area (Å²) in [5.74, 6) is 0.888. The van der Waals surface area contributed by atoms with Crippen LogP contribution in [0.3, 0.4) is 0 Å². The normalized spacial score (nSPS) is 29.9. The first kappa shape index (κ1) is 17.2. The molecule has 25 heavy (non-hydrogen) atoms. The highest BCUT2D eigenvalue weighted by molar-refractivity contribution is 8.23.